The molecule has 5 rings (SSSR count). The average Bonchev–Trinajstić information content (AvgIpc) is 3.84. The molecule has 286 valence electrons. The zero-order valence-electron chi connectivity index (χ0n) is 31.2. The van der Waals surface area contributed by atoms with E-state index in [1.165, 1.54) is 14.2 Å². The summed E-state index contributed by atoms with van der Waals surface area (Å²) in [6.45, 7) is 6.87. The lowest BCUT2D eigenvalue weighted by Gasteiger charge is -2.26. The highest BCUT2D eigenvalue weighted by Gasteiger charge is 2.40. The van der Waals surface area contributed by atoms with Crippen LogP contribution in [0.25, 0.3) is 11.1 Å². The van der Waals surface area contributed by atoms with Crippen molar-refractivity contribution in [3.8, 4) is 11.1 Å². The predicted octanol–water partition coefficient (Wildman–Crippen LogP) is 4.65. The molecular weight excluding hydrogens is 692 g/mol. The lowest BCUT2D eigenvalue weighted by molar-refractivity contribution is -0.134. The van der Waals surface area contributed by atoms with Crippen molar-refractivity contribution in [2.45, 2.75) is 39.3 Å². The molecule has 4 N–H and O–H groups in total. The largest absolute Gasteiger partial charge is 0.453 e. The summed E-state index contributed by atoms with van der Waals surface area (Å²) >= 11 is 0. The van der Waals surface area contributed by atoms with Gasteiger partial charge in [-0.2, -0.15) is 0 Å². The summed E-state index contributed by atoms with van der Waals surface area (Å²) < 4.78 is 9.40. The maximum atomic E-state index is 13.4. The van der Waals surface area contributed by atoms with Gasteiger partial charge in [-0.3, -0.25) is 19.2 Å². The first kappa shape index (κ1) is 39.3. The zero-order valence-corrected chi connectivity index (χ0v) is 31.2. The van der Waals surface area contributed by atoms with Crippen LogP contribution >= 0.6 is 0 Å². The van der Waals surface area contributed by atoms with Crippen LogP contribution in [0.15, 0.2) is 78.9 Å². The summed E-state index contributed by atoms with van der Waals surface area (Å²) in [5, 5.41) is 11.1. The van der Waals surface area contributed by atoms with Gasteiger partial charge in [-0.15, -0.1) is 0 Å². The molecule has 0 aromatic heterocycles. The van der Waals surface area contributed by atoms with Crippen molar-refractivity contribution in [1.29, 1.82) is 0 Å². The van der Waals surface area contributed by atoms with Gasteiger partial charge in [-0.1, -0.05) is 75.4 Å². The van der Waals surface area contributed by atoms with Crippen molar-refractivity contribution >= 4 is 47.2 Å². The summed E-state index contributed by atoms with van der Waals surface area (Å²) in [7, 11) is 2.48. The smallest absolute Gasteiger partial charge is 0.407 e. The minimum atomic E-state index is -0.931. The van der Waals surface area contributed by atoms with E-state index in [4.69, 9.17) is 4.74 Å². The molecule has 0 aliphatic carbocycles. The fourth-order valence-corrected chi connectivity index (χ4v) is 6.82. The average molecular weight is 741 g/mol. The fourth-order valence-electron chi connectivity index (χ4n) is 6.82. The highest BCUT2D eigenvalue weighted by atomic mass is 16.5. The first-order valence-electron chi connectivity index (χ1n) is 18.0. The molecule has 14 nitrogen and oxygen atoms in total. The number of anilines is 2. The van der Waals surface area contributed by atoms with E-state index in [-0.39, 0.29) is 48.6 Å². The van der Waals surface area contributed by atoms with Crippen LogP contribution in [0.4, 0.5) is 21.0 Å². The van der Waals surface area contributed by atoms with E-state index < -0.39 is 36.1 Å². The lowest BCUT2D eigenvalue weighted by Crippen LogP contribution is -2.50. The molecule has 3 aromatic rings. The third-order valence-electron chi connectivity index (χ3n) is 9.99. The monoisotopic (exact) mass is 740 g/mol. The van der Waals surface area contributed by atoms with Gasteiger partial charge in [0.2, 0.25) is 23.6 Å². The summed E-state index contributed by atoms with van der Waals surface area (Å²) in [6, 6.07) is 22.0. The maximum Gasteiger partial charge on any atom is 0.407 e. The van der Waals surface area contributed by atoms with E-state index in [0.29, 0.717) is 36.4 Å². The number of hydrogen-bond acceptors (Lipinski definition) is 8. The minimum absolute atomic E-state index is 0.0735. The van der Waals surface area contributed by atoms with Gasteiger partial charge >= 0.3 is 12.2 Å². The van der Waals surface area contributed by atoms with Crippen molar-refractivity contribution in [2.24, 2.45) is 23.7 Å². The maximum absolute atomic E-state index is 13.4. The summed E-state index contributed by atoms with van der Waals surface area (Å²) in [4.78, 5) is 80.1. The van der Waals surface area contributed by atoms with Gasteiger partial charge in [0, 0.05) is 37.6 Å². The van der Waals surface area contributed by atoms with Crippen LogP contribution in [0, 0.1) is 23.7 Å². The van der Waals surface area contributed by atoms with Crippen LogP contribution in [0.5, 0.6) is 0 Å². The summed E-state index contributed by atoms with van der Waals surface area (Å²) in [5.74, 6) is -1.99. The molecule has 14 heteroatoms. The standard InChI is InChI=1S/C40H48N6O8/c1-24(2)33(43-39(51)53-4)37(49)46-21-25(3)32(23-46)36(48)42-31-17-13-27(14-18-31)26-11-15-30(16-12-26)41-35(47)29-19-20-45(22-29)38(50)34(44-40(52)54-5)28-9-7-6-8-10-28/h6-18,24-25,29,32-34H,19-23H2,1-5H3,(H,41,47)(H,42,48)(H,43,51)(H,44,52)/t25?,29-,32-,33+,34-/m1/s1. The first-order valence-corrected chi connectivity index (χ1v) is 18.0. The van der Waals surface area contributed by atoms with Crippen molar-refractivity contribution in [3.05, 3.63) is 84.4 Å². The Morgan fingerprint density at radius 3 is 1.78 bits per heavy atom. The number of nitrogens with zero attached hydrogens (tertiary/aromatic N) is 2. The highest BCUT2D eigenvalue weighted by Crippen LogP contribution is 2.29. The van der Waals surface area contributed by atoms with Gasteiger partial charge in [0.05, 0.1) is 26.1 Å². The number of carbonyl (C=O) groups excluding carboxylic acids is 6. The Balaban J connectivity index is 1.12. The summed E-state index contributed by atoms with van der Waals surface area (Å²) in [5.41, 5.74) is 3.68. The van der Waals surface area contributed by atoms with E-state index >= 15 is 0 Å². The molecule has 0 bridgehead atoms. The van der Waals surface area contributed by atoms with E-state index in [9.17, 15) is 28.8 Å². The molecule has 6 amide bonds. The number of rotatable bonds is 11. The van der Waals surface area contributed by atoms with E-state index in [2.05, 4.69) is 26.0 Å². The molecule has 2 aliphatic rings. The van der Waals surface area contributed by atoms with Gasteiger partial charge < -0.3 is 40.5 Å². The van der Waals surface area contributed by atoms with Gasteiger partial charge in [0.15, 0.2) is 0 Å². The predicted molar refractivity (Wildman–Crippen MR) is 202 cm³/mol. The topological polar surface area (TPSA) is 175 Å². The molecule has 2 aliphatic heterocycles. The van der Waals surface area contributed by atoms with Crippen LogP contribution < -0.4 is 21.3 Å². The van der Waals surface area contributed by atoms with E-state index in [1.54, 1.807) is 34.1 Å². The number of carbonyl (C=O) groups is 6. The molecule has 2 fully saturated rings. The van der Waals surface area contributed by atoms with Gasteiger partial charge in [0.1, 0.15) is 12.1 Å². The molecular formula is C40H48N6O8. The number of methoxy groups -OCH3 is 2. The second kappa shape index (κ2) is 17.7. The van der Waals surface area contributed by atoms with Crippen LogP contribution in [-0.2, 0) is 28.7 Å². The Morgan fingerprint density at radius 2 is 1.22 bits per heavy atom. The third kappa shape index (κ3) is 9.54. The van der Waals surface area contributed by atoms with Crippen LogP contribution in [0.3, 0.4) is 0 Å². The highest BCUT2D eigenvalue weighted by molar-refractivity contribution is 5.96. The fraction of sp³-hybridized carbons (Fsp3) is 0.400. The number of benzene rings is 3. The SMILES string of the molecule is COC(=O)N[C@H](C(=O)N1CC(C)[C@H](C(=O)Nc2ccc(-c3ccc(NC(=O)[C@@H]4CCN(C(=O)[C@H](NC(=O)OC)c5ccccc5)C4)cc3)cc2)C1)C(C)C. The molecule has 0 radical (unpaired) electrons. The van der Waals surface area contributed by atoms with E-state index in [1.807, 2.05) is 75.4 Å². The number of nitrogens with one attached hydrogen (secondary N) is 4. The number of amides is 6. The molecule has 2 saturated heterocycles. The molecule has 1 unspecified atom stereocenters. The molecule has 0 spiro atoms. The summed E-state index contributed by atoms with van der Waals surface area (Å²) in [6.07, 6.45) is -0.910. The molecule has 54 heavy (non-hydrogen) atoms. The van der Waals surface area contributed by atoms with Crippen molar-refractivity contribution in [3.63, 3.8) is 0 Å². The molecule has 2 heterocycles. The van der Waals surface area contributed by atoms with Crippen LogP contribution in [0.2, 0.25) is 0 Å². The Hall–Kier alpha value is -5.92. The molecule has 5 atom stereocenters. The van der Waals surface area contributed by atoms with E-state index in [0.717, 1.165) is 11.1 Å². The quantitative estimate of drug-likeness (QED) is 0.220. The van der Waals surface area contributed by atoms with Crippen molar-refractivity contribution < 1.29 is 38.2 Å². The Kier molecular flexibility index (Phi) is 12.9. The first-order chi connectivity index (χ1) is 25.9. The second-order valence-corrected chi connectivity index (χ2v) is 14.1. The van der Waals surface area contributed by atoms with Gasteiger partial charge in [-0.25, -0.2) is 9.59 Å². The van der Waals surface area contributed by atoms with Crippen LogP contribution in [-0.4, -0.2) is 92.1 Å². The number of alkyl carbamates (subject to hydrolysis) is 2. The lowest BCUT2D eigenvalue weighted by atomic mass is 9.97. The number of likely N-dealkylation sites (tertiary alicyclic amines) is 2. The van der Waals surface area contributed by atoms with Gasteiger partial charge in [0.25, 0.3) is 0 Å². The zero-order chi connectivity index (χ0) is 38.9. The Bertz CT molecular complexity index is 1820. The number of hydrogen-bond donors (Lipinski definition) is 4. The molecule has 3 aromatic carbocycles. The van der Waals surface area contributed by atoms with Crippen molar-refractivity contribution in [2.75, 3.05) is 51.0 Å². The number of ether oxygens (including phenoxy) is 2. The normalized spacial score (nSPS) is 19.0. The Labute approximate surface area is 314 Å². The second-order valence-electron chi connectivity index (χ2n) is 14.1. The minimum Gasteiger partial charge on any atom is -0.453 e. The van der Waals surface area contributed by atoms with Crippen molar-refractivity contribution in [1.82, 2.24) is 20.4 Å². The third-order valence-corrected chi connectivity index (χ3v) is 9.99. The van der Waals surface area contributed by atoms with Crippen LogP contribution in [0.1, 0.15) is 38.8 Å². The molecule has 0 saturated carbocycles. The Morgan fingerprint density at radius 1 is 0.667 bits per heavy atom. The van der Waals surface area contributed by atoms with Gasteiger partial charge in [-0.05, 0) is 59.2 Å².